The van der Waals surface area contributed by atoms with Gasteiger partial charge in [-0.05, 0) is 77.3 Å². The molecule has 142 valence electrons. The summed E-state index contributed by atoms with van der Waals surface area (Å²) in [6.07, 6.45) is 11.6. The highest BCUT2D eigenvalue weighted by molar-refractivity contribution is 5.83. The molecule has 4 nitrogen and oxygen atoms in total. The molecule has 0 amide bonds. The Morgan fingerprint density at radius 1 is 0.654 bits per heavy atom. The van der Waals surface area contributed by atoms with Crippen LogP contribution in [0.5, 0.6) is 0 Å². The molecule has 1 aromatic rings. The summed E-state index contributed by atoms with van der Waals surface area (Å²) in [5.74, 6) is 0. The Morgan fingerprint density at radius 3 is 1.27 bits per heavy atom. The van der Waals surface area contributed by atoms with Crippen molar-refractivity contribution in [3.8, 4) is 0 Å². The number of hydrogen-bond donors (Lipinski definition) is 0. The predicted octanol–water partition coefficient (Wildman–Crippen LogP) is 4.88. The first-order valence-corrected chi connectivity index (χ1v) is 10.3. The third-order valence-corrected chi connectivity index (χ3v) is 5.91. The summed E-state index contributed by atoms with van der Waals surface area (Å²) in [5.41, 5.74) is 2.29. The highest BCUT2D eigenvalue weighted by atomic mass is 15.5. The van der Waals surface area contributed by atoms with E-state index in [4.69, 9.17) is 10.2 Å². The average molecular weight is 355 g/mol. The van der Waals surface area contributed by atoms with Crippen molar-refractivity contribution >= 4 is 12.4 Å². The highest BCUT2D eigenvalue weighted by Gasteiger charge is 2.23. The van der Waals surface area contributed by atoms with E-state index >= 15 is 0 Å². The van der Waals surface area contributed by atoms with E-state index in [1.165, 1.54) is 38.5 Å². The Kier molecular flexibility index (Phi) is 6.33. The van der Waals surface area contributed by atoms with Crippen molar-refractivity contribution in [1.82, 2.24) is 10.0 Å². The van der Waals surface area contributed by atoms with Gasteiger partial charge in [-0.25, -0.2) is 0 Å². The van der Waals surface area contributed by atoms with Gasteiger partial charge in [-0.2, -0.15) is 10.2 Å². The lowest BCUT2D eigenvalue weighted by Crippen LogP contribution is -2.39. The fourth-order valence-electron chi connectivity index (χ4n) is 4.21. The van der Waals surface area contributed by atoms with Gasteiger partial charge in [-0.15, -0.1) is 0 Å². The molecule has 0 bridgehead atoms. The molecule has 2 saturated heterocycles. The molecule has 0 unspecified atom stereocenters. The topological polar surface area (TPSA) is 31.2 Å². The van der Waals surface area contributed by atoms with Crippen LogP contribution >= 0.6 is 0 Å². The average Bonchev–Trinajstić information content (AvgIpc) is 2.62. The molecule has 0 aromatic heterocycles. The van der Waals surface area contributed by atoms with Crippen LogP contribution in [0, 0.1) is 0 Å². The molecular weight excluding hydrogens is 320 g/mol. The molecule has 4 heteroatoms. The van der Waals surface area contributed by atoms with Gasteiger partial charge >= 0.3 is 0 Å². The minimum atomic E-state index is 0.537. The van der Waals surface area contributed by atoms with Gasteiger partial charge in [0.05, 0.1) is 12.4 Å². The van der Waals surface area contributed by atoms with E-state index in [0.717, 1.165) is 11.1 Å². The number of rotatable bonds is 4. The van der Waals surface area contributed by atoms with Crippen LogP contribution in [0.4, 0.5) is 0 Å². The summed E-state index contributed by atoms with van der Waals surface area (Å²) < 4.78 is 0. The van der Waals surface area contributed by atoms with Gasteiger partial charge in [0.2, 0.25) is 0 Å². The molecule has 0 spiro atoms. The van der Waals surface area contributed by atoms with Crippen LogP contribution in [-0.4, -0.2) is 46.6 Å². The van der Waals surface area contributed by atoms with E-state index < -0.39 is 0 Å². The molecule has 0 saturated carbocycles. The molecule has 2 heterocycles. The van der Waals surface area contributed by atoms with Gasteiger partial charge in [0.15, 0.2) is 0 Å². The quantitative estimate of drug-likeness (QED) is 0.722. The summed E-state index contributed by atoms with van der Waals surface area (Å²) in [5, 5.41) is 14.0. The van der Waals surface area contributed by atoms with E-state index in [9.17, 15) is 0 Å². The highest BCUT2D eigenvalue weighted by Crippen LogP contribution is 2.23. The first kappa shape index (κ1) is 18.9. The van der Waals surface area contributed by atoms with Gasteiger partial charge in [0.25, 0.3) is 0 Å². The van der Waals surface area contributed by atoms with Crippen LogP contribution in [0.2, 0.25) is 0 Å². The number of hydrazone groups is 2. The lowest BCUT2D eigenvalue weighted by atomic mass is 10.00. The minimum Gasteiger partial charge on any atom is -0.292 e. The molecule has 2 fully saturated rings. The monoisotopic (exact) mass is 354 g/mol. The molecule has 1 aromatic carbocycles. The van der Waals surface area contributed by atoms with Crippen LogP contribution in [0.1, 0.15) is 77.3 Å². The molecular formula is C22H34N4. The predicted molar refractivity (Wildman–Crippen MR) is 111 cm³/mol. The third-order valence-electron chi connectivity index (χ3n) is 5.91. The summed E-state index contributed by atoms with van der Waals surface area (Å²) >= 11 is 0. The van der Waals surface area contributed by atoms with Gasteiger partial charge in [0, 0.05) is 24.2 Å². The van der Waals surface area contributed by atoms with Crippen LogP contribution < -0.4 is 0 Å². The maximum atomic E-state index is 4.75. The number of nitrogens with zero attached hydrogens (tertiary/aromatic N) is 4. The number of benzene rings is 1. The molecule has 26 heavy (non-hydrogen) atoms. The van der Waals surface area contributed by atoms with E-state index in [1.54, 1.807) is 0 Å². The van der Waals surface area contributed by atoms with E-state index in [2.05, 4.69) is 62.0 Å². The van der Waals surface area contributed by atoms with Gasteiger partial charge in [0.1, 0.15) is 0 Å². The maximum absolute atomic E-state index is 4.75. The van der Waals surface area contributed by atoms with Crippen LogP contribution in [0.25, 0.3) is 0 Å². The molecule has 0 radical (unpaired) electrons. The third kappa shape index (κ3) is 4.66. The molecule has 0 aliphatic carbocycles. The maximum Gasteiger partial charge on any atom is 0.0543 e. The second-order valence-electron chi connectivity index (χ2n) is 8.17. The number of hydrogen-bond acceptors (Lipinski definition) is 4. The zero-order chi connectivity index (χ0) is 18.5. The molecule has 2 aliphatic rings. The summed E-state index contributed by atoms with van der Waals surface area (Å²) in [6.45, 7) is 9.09. The zero-order valence-corrected chi connectivity index (χ0v) is 16.8. The Labute approximate surface area is 159 Å². The standard InChI is InChI=1S/C22H34N4/c1-17-7-5-8-18(2)25(17)23-15-21-11-13-22(14-12-21)16-24-26-19(3)9-6-10-20(26)4/h11-20H,5-10H2,1-4H3/b23-15-,24-16-/t17-,18-,19-,20+/m1/s1. The zero-order valence-electron chi connectivity index (χ0n) is 16.8. The normalized spacial score (nSPS) is 30.5. The van der Waals surface area contributed by atoms with Gasteiger partial charge in [-0.1, -0.05) is 24.3 Å². The van der Waals surface area contributed by atoms with Crippen molar-refractivity contribution in [1.29, 1.82) is 0 Å². The summed E-state index contributed by atoms with van der Waals surface area (Å²) in [6, 6.07) is 10.7. The second kappa shape index (κ2) is 8.70. The fourth-order valence-corrected chi connectivity index (χ4v) is 4.21. The number of piperidine rings is 2. The Bertz CT molecular complexity index is 547. The molecule has 4 atom stereocenters. The molecule has 3 rings (SSSR count). The van der Waals surface area contributed by atoms with Crippen LogP contribution in [-0.2, 0) is 0 Å². The van der Waals surface area contributed by atoms with Crippen molar-refractivity contribution in [3.05, 3.63) is 35.4 Å². The van der Waals surface area contributed by atoms with Gasteiger partial charge in [-0.3, -0.25) is 10.0 Å². The Morgan fingerprint density at radius 2 is 0.962 bits per heavy atom. The van der Waals surface area contributed by atoms with Crippen LogP contribution in [0.15, 0.2) is 34.5 Å². The summed E-state index contributed by atoms with van der Waals surface area (Å²) in [4.78, 5) is 0. The van der Waals surface area contributed by atoms with Crippen molar-refractivity contribution in [2.24, 2.45) is 10.2 Å². The fraction of sp³-hybridized carbons (Fsp3) is 0.636. The molecule has 0 N–H and O–H groups in total. The largest absolute Gasteiger partial charge is 0.292 e. The first-order chi connectivity index (χ1) is 12.5. The van der Waals surface area contributed by atoms with Crippen molar-refractivity contribution in [2.45, 2.75) is 90.4 Å². The lowest BCUT2D eigenvalue weighted by molar-refractivity contribution is 0.109. The van der Waals surface area contributed by atoms with E-state index in [1.807, 2.05) is 12.4 Å². The van der Waals surface area contributed by atoms with Crippen LogP contribution in [0.3, 0.4) is 0 Å². The van der Waals surface area contributed by atoms with Crippen molar-refractivity contribution in [2.75, 3.05) is 0 Å². The lowest BCUT2D eigenvalue weighted by Gasteiger charge is -2.36. The second-order valence-corrected chi connectivity index (χ2v) is 8.17. The smallest absolute Gasteiger partial charge is 0.0543 e. The van der Waals surface area contributed by atoms with E-state index in [-0.39, 0.29) is 0 Å². The molecule has 2 aliphatic heterocycles. The van der Waals surface area contributed by atoms with E-state index in [0.29, 0.717) is 24.2 Å². The SMILES string of the molecule is C[C@@H]1CCC[C@@H](C)N1/N=C\c1ccc(/C=N\N2[C@H](C)CCC[C@@H]2C)cc1. The van der Waals surface area contributed by atoms with Gasteiger partial charge < -0.3 is 0 Å². The minimum absolute atomic E-state index is 0.537. The van der Waals surface area contributed by atoms with Crippen molar-refractivity contribution in [3.63, 3.8) is 0 Å². The Balaban J connectivity index is 1.61. The Hall–Kier alpha value is -1.84. The summed E-state index contributed by atoms with van der Waals surface area (Å²) in [7, 11) is 0. The first-order valence-electron chi connectivity index (χ1n) is 10.3. The van der Waals surface area contributed by atoms with Crippen molar-refractivity contribution < 1.29 is 0 Å².